The van der Waals surface area contributed by atoms with Gasteiger partial charge in [-0.15, -0.1) is 11.3 Å². The topological polar surface area (TPSA) is 82.5 Å². The molecule has 0 saturated heterocycles. The first-order chi connectivity index (χ1) is 7.00. The molecule has 0 atom stereocenters. The highest BCUT2D eigenvalue weighted by Gasteiger charge is 2.25. The molecular weight excluding hydrogens is 216 g/mol. The molecule has 5 nitrogen and oxygen atoms in total. The normalized spacial score (nSPS) is 11.5. The maximum Gasteiger partial charge on any atom is 0.271 e. The van der Waals surface area contributed by atoms with Crippen molar-refractivity contribution in [1.82, 2.24) is 10.3 Å². The lowest BCUT2D eigenvalue weighted by Gasteiger charge is -2.25. The maximum absolute atomic E-state index is 11.6. The minimum atomic E-state index is -1.01. The number of hydrogen-bond acceptors (Lipinski definition) is 5. The molecule has 1 aromatic heterocycles. The van der Waals surface area contributed by atoms with Gasteiger partial charge in [-0.3, -0.25) is 4.79 Å². The largest absolute Gasteiger partial charge is 0.394 e. The first kappa shape index (κ1) is 12.1. The summed E-state index contributed by atoms with van der Waals surface area (Å²) in [6.45, 7) is 2.72. The predicted octanol–water partition coefficient (Wildman–Crippen LogP) is -0.0754. The minimum Gasteiger partial charge on any atom is -0.394 e. The van der Waals surface area contributed by atoms with Crippen LogP contribution in [0.25, 0.3) is 0 Å². The molecule has 3 N–H and O–H groups in total. The zero-order valence-corrected chi connectivity index (χ0v) is 9.47. The molecule has 15 heavy (non-hydrogen) atoms. The Balaban J connectivity index is 2.71. The molecule has 84 valence electrons. The van der Waals surface area contributed by atoms with E-state index < -0.39 is 5.54 Å². The molecule has 0 fully saturated rings. The fraction of sp³-hybridized carbons (Fsp3) is 0.556. The average molecular weight is 230 g/mol. The summed E-state index contributed by atoms with van der Waals surface area (Å²) in [4.78, 5) is 15.6. The van der Waals surface area contributed by atoms with Crippen LogP contribution in [0.2, 0.25) is 0 Å². The van der Waals surface area contributed by atoms with Crippen molar-refractivity contribution in [3.8, 4) is 0 Å². The Kier molecular flexibility index (Phi) is 3.78. The second-order valence-electron chi connectivity index (χ2n) is 3.58. The fourth-order valence-electron chi connectivity index (χ4n) is 0.935. The molecule has 0 aliphatic carbocycles. The van der Waals surface area contributed by atoms with Crippen LogP contribution >= 0.6 is 11.3 Å². The van der Waals surface area contributed by atoms with Crippen molar-refractivity contribution in [2.75, 3.05) is 13.2 Å². The lowest BCUT2D eigenvalue weighted by Crippen LogP contribution is -2.51. The highest BCUT2D eigenvalue weighted by Crippen LogP contribution is 2.09. The first-order valence-corrected chi connectivity index (χ1v) is 5.35. The van der Waals surface area contributed by atoms with Gasteiger partial charge >= 0.3 is 0 Å². The summed E-state index contributed by atoms with van der Waals surface area (Å²) in [6, 6.07) is 0. The molecule has 1 heterocycles. The summed E-state index contributed by atoms with van der Waals surface area (Å²) in [7, 11) is 0. The van der Waals surface area contributed by atoms with Gasteiger partial charge in [0.1, 0.15) is 5.69 Å². The van der Waals surface area contributed by atoms with E-state index in [9.17, 15) is 4.79 Å². The second kappa shape index (κ2) is 4.69. The van der Waals surface area contributed by atoms with Gasteiger partial charge in [0.25, 0.3) is 5.91 Å². The summed E-state index contributed by atoms with van der Waals surface area (Å²) < 4.78 is 0. The molecule has 0 radical (unpaired) electrons. The third-order valence-electron chi connectivity index (χ3n) is 1.96. The van der Waals surface area contributed by atoms with Gasteiger partial charge in [0.15, 0.2) is 0 Å². The van der Waals surface area contributed by atoms with Gasteiger partial charge in [0.05, 0.1) is 23.8 Å². The van der Waals surface area contributed by atoms with Gasteiger partial charge < -0.3 is 15.5 Å². The Hall–Kier alpha value is -0.980. The molecular formula is C9H14N2O3S. The smallest absolute Gasteiger partial charge is 0.271 e. The van der Waals surface area contributed by atoms with Crippen LogP contribution in [0.15, 0.2) is 5.38 Å². The number of carbonyl (C=O) groups excluding carboxylic acids is 1. The number of nitrogens with one attached hydrogen (secondary N) is 1. The third-order valence-corrected chi connectivity index (χ3v) is 2.74. The first-order valence-electron chi connectivity index (χ1n) is 4.47. The van der Waals surface area contributed by atoms with Crippen molar-refractivity contribution in [1.29, 1.82) is 0 Å². The maximum atomic E-state index is 11.6. The van der Waals surface area contributed by atoms with Gasteiger partial charge in [0.2, 0.25) is 0 Å². The summed E-state index contributed by atoms with van der Waals surface area (Å²) >= 11 is 1.38. The molecule has 1 rings (SSSR count). The van der Waals surface area contributed by atoms with Crippen LogP contribution in [0.3, 0.4) is 0 Å². The van der Waals surface area contributed by atoms with Gasteiger partial charge in [-0.1, -0.05) is 0 Å². The molecule has 6 heteroatoms. The molecule has 0 spiro atoms. The summed E-state index contributed by atoms with van der Waals surface area (Å²) in [5, 5.41) is 23.0. The van der Waals surface area contributed by atoms with Crippen LogP contribution in [0.5, 0.6) is 0 Å². The van der Waals surface area contributed by atoms with E-state index in [2.05, 4.69) is 10.3 Å². The van der Waals surface area contributed by atoms with E-state index in [4.69, 9.17) is 10.2 Å². The molecule has 1 aromatic rings. The Morgan fingerprint density at radius 1 is 1.60 bits per heavy atom. The van der Waals surface area contributed by atoms with E-state index in [1.54, 1.807) is 19.2 Å². The molecule has 0 unspecified atom stereocenters. The lowest BCUT2D eigenvalue weighted by molar-refractivity contribution is 0.0720. The number of amides is 1. The lowest BCUT2D eigenvalue weighted by atomic mass is 10.1. The molecule has 0 aliphatic heterocycles. The summed E-state index contributed by atoms with van der Waals surface area (Å²) in [6.07, 6.45) is 0. The standard InChI is InChI=1S/C9H14N2O3S/c1-6-10-7(3-15-6)8(14)11-9(2,4-12)5-13/h3,12-13H,4-5H2,1-2H3,(H,11,14). The van der Waals surface area contributed by atoms with E-state index in [1.165, 1.54) is 11.3 Å². The Morgan fingerprint density at radius 3 is 2.60 bits per heavy atom. The second-order valence-corrected chi connectivity index (χ2v) is 4.65. The Labute approximate surface area is 91.8 Å². The Bertz CT molecular complexity index is 347. The van der Waals surface area contributed by atoms with Crippen LogP contribution in [0.4, 0.5) is 0 Å². The average Bonchev–Trinajstić information content (AvgIpc) is 2.65. The van der Waals surface area contributed by atoms with Crippen LogP contribution in [0, 0.1) is 6.92 Å². The molecule has 0 bridgehead atoms. The number of thiazole rings is 1. The van der Waals surface area contributed by atoms with E-state index in [0.717, 1.165) is 5.01 Å². The van der Waals surface area contributed by atoms with E-state index in [-0.39, 0.29) is 19.1 Å². The van der Waals surface area contributed by atoms with Crippen molar-refractivity contribution < 1.29 is 15.0 Å². The van der Waals surface area contributed by atoms with Gasteiger partial charge in [-0.25, -0.2) is 4.98 Å². The van der Waals surface area contributed by atoms with Crippen molar-refractivity contribution in [2.24, 2.45) is 0 Å². The number of nitrogens with zero attached hydrogens (tertiary/aromatic N) is 1. The third kappa shape index (κ3) is 2.98. The number of hydrogen-bond donors (Lipinski definition) is 3. The number of aryl methyl sites for hydroxylation is 1. The van der Waals surface area contributed by atoms with Crippen LogP contribution in [0.1, 0.15) is 22.4 Å². The van der Waals surface area contributed by atoms with Crippen molar-refractivity contribution in [3.63, 3.8) is 0 Å². The Morgan fingerprint density at radius 2 is 2.20 bits per heavy atom. The number of aliphatic hydroxyl groups is 2. The molecule has 0 aliphatic rings. The SMILES string of the molecule is Cc1nc(C(=O)NC(C)(CO)CO)cs1. The van der Waals surface area contributed by atoms with E-state index in [1.807, 2.05) is 0 Å². The van der Waals surface area contributed by atoms with E-state index >= 15 is 0 Å². The summed E-state index contributed by atoms with van der Waals surface area (Å²) in [5.74, 6) is -0.384. The number of aromatic nitrogens is 1. The number of aliphatic hydroxyl groups excluding tert-OH is 2. The van der Waals surface area contributed by atoms with Gasteiger partial charge in [-0.05, 0) is 13.8 Å². The molecule has 0 aromatic carbocycles. The zero-order chi connectivity index (χ0) is 11.5. The van der Waals surface area contributed by atoms with Gasteiger partial charge in [0, 0.05) is 5.38 Å². The van der Waals surface area contributed by atoms with Crippen LogP contribution in [-0.2, 0) is 0 Å². The zero-order valence-electron chi connectivity index (χ0n) is 8.65. The molecule has 1 amide bonds. The molecule has 0 saturated carbocycles. The fourth-order valence-corrected chi connectivity index (χ4v) is 1.53. The summed E-state index contributed by atoms with van der Waals surface area (Å²) in [5.41, 5.74) is -0.695. The number of carbonyl (C=O) groups is 1. The predicted molar refractivity (Wildman–Crippen MR) is 56.9 cm³/mol. The minimum absolute atomic E-state index is 0.311. The monoisotopic (exact) mass is 230 g/mol. The van der Waals surface area contributed by atoms with Crippen LogP contribution < -0.4 is 5.32 Å². The van der Waals surface area contributed by atoms with Crippen LogP contribution in [-0.4, -0.2) is 39.9 Å². The number of rotatable bonds is 4. The highest BCUT2D eigenvalue weighted by atomic mass is 32.1. The van der Waals surface area contributed by atoms with Crippen molar-refractivity contribution in [3.05, 3.63) is 16.1 Å². The van der Waals surface area contributed by atoms with Crippen molar-refractivity contribution >= 4 is 17.2 Å². The van der Waals surface area contributed by atoms with E-state index in [0.29, 0.717) is 5.69 Å². The quantitative estimate of drug-likeness (QED) is 0.676. The van der Waals surface area contributed by atoms with Gasteiger partial charge in [-0.2, -0.15) is 0 Å². The van der Waals surface area contributed by atoms with Crippen molar-refractivity contribution in [2.45, 2.75) is 19.4 Å². The highest BCUT2D eigenvalue weighted by molar-refractivity contribution is 7.09.